The van der Waals surface area contributed by atoms with Gasteiger partial charge in [0.15, 0.2) is 5.82 Å². The van der Waals surface area contributed by atoms with E-state index < -0.39 is 0 Å². The van der Waals surface area contributed by atoms with Gasteiger partial charge in [0.05, 0.1) is 11.6 Å². The molecule has 33 heavy (non-hydrogen) atoms. The van der Waals surface area contributed by atoms with E-state index in [0.717, 1.165) is 21.3 Å². The van der Waals surface area contributed by atoms with E-state index in [1.165, 1.54) is 0 Å². The Balaban J connectivity index is 1.36. The number of hydrogen-bond acceptors (Lipinski definition) is 3. The summed E-state index contributed by atoms with van der Waals surface area (Å²) in [6, 6.07) is 22.1. The normalized spacial score (nSPS) is 10.8. The number of benzene rings is 3. The van der Waals surface area contributed by atoms with Gasteiger partial charge in [-0.15, -0.1) is 0 Å². The maximum absolute atomic E-state index is 12.7. The molecule has 0 radical (unpaired) electrons. The Morgan fingerprint density at radius 2 is 1.70 bits per heavy atom. The Morgan fingerprint density at radius 3 is 2.39 bits per heavy atom. The van der Waals surface area contributed by atoms with Gasteiger partial charge in [-0.1, -0.05) is 63.4 Å². The van der Waals surface area contributed by atoms with Crippen molar-refractivity contribution < 1.29 is 9.53 Å². The van der Waals surface area contributed by atoms with Crippen molar-refractivity contribution in [2.75, 3.05) is 5.32 Å². The third-order valence-corrected chi connectivity index (χ3v) is 6.01. The van der Waals surface area contributed by atoms with E-state index >= 15 is 0 Å². The van der Waals surface area contributed by atoms with Gasteiger partial charge in [0.25, 0.3) is 5.91 Å². The summed E-state index contributed by atoms with van der Waals surface area (Å²) in [7, 11) is 0. The summed E-state index contributed by atoms with van der Waals surface area (Å²) in [5, 5.41) is 8.59. The molecule has 0 aliphatic heterocycles. The lowest BCUT2D eigenvalue weighted by Gasteiger charge is -2.09. The first-order valence-corrected chi connectivity index (χ1v) is 11.7. The fraction of sp³-hybridized carbons (Fsp3) is 0.120. The van der Waals surface area contributed by atoms with Crippen LogP contribution in [-0.4, -0.2) is 15.7 Å². The van der Waals surface area contributed by atoms with Crippen molar-refractivity contribution in [1.82, 2.24) is 9.78 Å². The molecule has 0 aliphatic carbocycles. The Kier molecular flexibility index (Phi) is 7.38. The van der Waals surface area contributed by atoms with E-state index in [-0.39, 0.29) is 5.91 Å². The first-order chi connectivity index (χ1) is 15.9. The Labute approximate surface area is 210 Å². The molecular formula is C25H20BrCl2N3O2. The monoisotopic (exact) mass is 543 g/mol. The van der Waals surface area contributed by atoms with Crippen LogP contribution in [0.3, 0.4) is 0 Å². The summed E-state index contributed by atoms with van der Waals surface area (Å²) in [6.07, 6.45) is 0. The van der Waals surface area contributed by atoms with Gasteiger partial charge in [0, 0.05) is 26.8 Å². The number of nitrogens with zero attached hydrogens (tertiary/aromatic N) is 2. The summed E-state index contributed by atoms with van der Waals surface area (Å²) in [6.45, 7) is 2.89. The Bertz CT molecular complexity index is 1270. The number of halogens is 3. The summed E-state index contributed by atoms with van der Waals surface area (Å²) in [5.41, 5.74) is 3.48. The molecule has 0 saturated heterocycles. The highest BCUT2D eigenvalue weighted by molar-refractivity contribution is 9.10. The maximum atomic E-state index is 12.7. The molecule has 5 nitrogen and oxygen atoms in total. The molecule has 4 aromatic rings. The number of carbonyl (C=O) groups is 1. The molecule has 1 aromatic heterocycles. The predicted octanol–water partition coefficient (Wildman–Crippen LogP) is 7.14. The highest BCUT2D eigenvalue weighted by atomic mass is 79.9. The Morgan fingerprint density at radius 1 is 1.00 bits per heavy atom. The van der Waals surface area contributed by atoms with Crippen LogP contribution in [0.1, 0.15) is 27.2 Å². The van der Waals surface area contributed by atoms with Crippen molar-refractivity contribution in [3.63, 3.8) is 0 Å². The molecule has 1 heterocycles. The van der Waals surface area contributed by atoms with Gasteiger partial charge in [-0.25, -0.2) is 0 Å². The number of rotatable bonds is 7. The lowest BCUT2D eigenvalue weighted by Crippen LogP contribution is -2.13. The number of anilines is 1. The second kappa shape index (κ2) is 10.4. The molecule has 168 valence electrons. The zero-order chi connectivity index (χ0) is 23.4. The molecule has 0 saturated carbocycles. The minimum Gasteiger partial charge on any atom is -0.487 e. The number of ether oxygens (including phenoxy) is 1. The Hall–Kier alpha value is -2.80. The average Bonchev–Trinajstić information content (AvgIpc) is 3.13. The molecule has 8 heteroatoms. The van der Waals surface area contributed by atoms with Crippen LogP contribution in [-0.2, 0) is 13.2 Å². The number of amides is 1. The van der Waals surface area contributed by atoms with Crippen LogP contribution in [0.2, 0.25) is 10.0 Å². The van der Waals surface area contributed by atoms with Gasteiger partial charge in [0.2, 0.25) is 0 Å². The van der Waals surface area contributed by atoms with Crippen LogP contribution in [0.25, 0.3) is 0 Å². The van der Waals surface area contributed by atoms with Crippen LogP contribution >= 0.6 is 39.1 Å². The number of nitrogens with one attached hydrogen (secondary N) is 1. The van der Waals surface area contributed by atoms with Crippen molar-refractivity contribution >= 4 is 50.9 Å². The van der Waals surface area contributed by atoms with Crippen LogP contribution < -0.4 is 10.1 Å². The fourth-order valence-electron chi connectivity index (χ4n) is 3.19. The second-order valence-corrected chi connectivity index (χ2v) is 9.23. The van der Waals surface area contributed by atoms with Gasteiger partial charge in [-0.05, 0) is 60.5 Å². The number of hydrogen-bond donors (Lipinski definition) is 1. The van der Waals surface area contributed by atoms with E-state index in [1.54, 1.807) is 18.2 Å². The van der Waals surface area contributed by atoms with Crippen LogP contribution in [0.5, 0.6) is 5.75 Å². The minimum atomic E-state index is -0.227. The van der Waals surface area contributed by atoms with Gasteiger partial charge >= 0.3 is 0 Å². The summed E-state index contributed by atoms with van der Waals surface area (Å²) in [5.74, 6) is 0.879. The minimum absolute atomic E-state index is 0.227. The predicted molar refractivity (Wildman–Crippen MR) is 135 cm³/mol. The molecular weight excluding hydrogens is 525 g/mol. The van der Waals surface area contributed by atoms with Gasteiger partial charge in [-0.2, -0.15) is 5.10 Å². The van der Waals surface area contributed by atoms with Crippen molar-refractivity contribution in [3.05, 3.63) is 110 Å². The van der Waals surface area contributed by atoms with E-state index in [1.807, 2.05) is 66.2 Å². The smallest absolute Gasteiger partial charge is 0.256 e. The molecule has 1 amide bonds. The third-order valence-electron chi connectivity index (χ3n) is 4.97. The molecule has 1 N–H and O–H groups in total. The first kappa shape index (κ1) is 23.4. The lowest BCUT2D eigenvalue weighted by molar-refractivity contribution is 0.102. The van der Waals surface area contributed by atoms with Crippen molar-refractivity contribution in [2.24, 2.45) is 0 Å². The molecule has 0 aliphatic rings. The number of aromatic nitrogens is 2. The zero-order valence-corrected chi connectivity index (χ0v) is 20.8. The van der Waals surface area contributed by atoms with Crippen molar-refractivity contribution in [3.8, 4) is 5.75 Å². The highest BCUT2D eigenvalue weighted by Crippen LogP contribution is 2.28. The molecule has 0 spiro atoms. The van der Waals surface area contributed by atoms with E-state index in [0.29, 0.717) is 40.3 Å². The number of carbonyl (C=O) groups excluding carboxylic acids is 1. The van der Waals surface area contributed by atoms with Crippen LogP contribution in [0.4, 0.5) is 5.82 Å². The molecule has 0 unspecified atom stereocenters. The van der Waals surface area contributed by atoms with Crippen LogP contribution in [0.15, 0.2) is 77.3 Å². The quantitative estimate of drug-likeness (QED) is 0.269. The van der Waals surface area contributed by atoms with Crippen LogP contribution in [0, 0.1) is 6.92 Å². The van der Waals surface area contributed by atoms with Gasteiger partial charge in [-0.3, -0.25) is 9.48 Å². The molecule has 0 bridgehead atoms. The zero-order valence-electron chi connectivity index (χ0n) is 17.7. The average molecular weight is 545 g/mol. The molecule has 0 fully saturated rings. The third kappa shape index (κ3) is 6.16. The second-order valence-electron chi connectivity index (χ2n) is 7.47. The fourth-order valence-corrected chi connectivity index (χ4v) is 4.04. The SMILES string of the molecule is Cc1cc(NC(=O)c2ccc(COc3ccc(Br)cc3Cl)cc2)nn1Cc1ccc(Cl)cc1. The summed E-state index contributed by atoms with van der Waals surface area (Å²) < 4.78 is 8.50. The summed E-state index contributed by atoms with van der Waals surface area (Å²) >= 11 is 15.5. The van der Waals surface area contributed by atoms with E-state index in [4.69, 9.17) is 27.9 Å². The number of aryl methyl sites for hydroxylation is 1. The highest BCUT2D eigenvalue weighted by Gasteiger charge is 2.11. The standard InChI is InChI=1S/C25H20BrCl2N3O2/c1-16-12-24(30-31(16)14-17-4-9-21(27)10-5-17)29-25(32)19-6-2-18(3-7-19)15-33-23-11-8-20(26)13-22(23)28/h2-13H,14-15H2,1H3,(H,29,30,32). The molecule has 4 rings (SSSR count). The topological polar surface area (TPSA) is 56.1 Å². The van der Waals surface area contributed by atoms with Crippen molar-refractivity contribution in [2.45, 2.75) is 20.1 Å². The lowest BCUT2D eigenvalue weighted by atomic mass is 10.1. The van der Waals surface area contributed by atoms with Gasteiger partial charge < -0.3 is 10.1 Å². The largest absolute Gasteiger partial charge is 0.487 e. The molecule has 0 atom stereocenters. The van der Waals surface area contributed by atoms with E-state index in [2.05, 4.69) is 26.3 Å². The maximum Gasteiger partial charge on any atom is 0.256 e. The van der Waals surface area contributed by atoms with Crippen molar-refractivity contribution in [1.29, 1.82) is 0 Å². The first-order valence-electron chi connectivity index (χ1n) is 10.1. The van der Waals surface area contributed by atoms with E-state index in [9.17, 15) is 4.79 Å². The van der Waals surface area contributed by atoms with Gasteiger partial charge in [0.1, 0.15) is 12.4 Å². The summed E-state index contributed by atoms with van der Waals surface area (Å²) in [4.78, 5) is 12.7. The molecule has 3 aromatic carbocycles.